The van der Waals surface area contributed by atoms with E-state index in [0.29, 0.717) is 11.2 Å². The zero-order valence-corrected chi connectivity index (χ0v) is 15.4. The molecule has 0 aliphatic heterocycles. The number of H-pyrrole nitrogens is 1. The lowest BCUT2D eigenvalue weighted by Gasteiger charge is -2.13. The van der Waals surface area contributed by atoms with Crippen LogP contribution < -0.4 is 5.56 Å². The predicted octanol–water partition coefficient (Wildman–Crippen LogP) is 3.17. The normalized spacial score (nSPS) is 12.6. The van der Waals surface area contributed by atoms with Gasteiger partial charge in [-0.2, -0.15) is 9.78 Å². The Morgan fingerprint density at radius 2 is 1.74 bits per heavy atom. The molecule has 1 unspecified atom stereocenters. The second-order valence-corrected chi connectivity index (χ2v) is 6.79. The quantitative estimate of drug-likeness (QED) is 0.604. The van der Waals surface area contributed by atoms with Gasteiger partial charge in [0, 0.05) is 17.5 Å². The second-order valence-electron chi connectivity index (χ2n) is 6.79. The minimum atomic E-state index is -0.199. The van der Waals surface area contributed by atoms with Crippen molar-refractivity contribution in [2.24, 2.45) is 0 Å². The van der Waals surface area contributed by atoms with Gasteiger partial charge in [-0.05, 0) is 25.1 Å². The molecule has 1 N–H and O–H groups in total. The van der Waals surface area contributed by atoms with Crippen molar-refractivity contribution in [2.45, 2.75) is 32.6 Å². The molecule has 136 valence electrons. The van der Waals surface area contributed by atoms with Gasteiger partial charge in [-0.15, -0.1) is 5.10 Å². The van der Waals surface area contributed by atoms with Crippen molar-refractivity contribution in [3.05, 3.63) is 76.4 Å². The number of fused-ring (bicyclic) bond motifs is 1. The van der Waals surface area contributed by atoms with Crippen molar-refractivity contribution in [1.29, 1.82) is 0 Å². The summed E-state index contributed by atoms with van der Waals surface area (Å²) >= 11 is 0. The van der Waals surface area contributed by atoms with Crippen molar-refractivity contribution < 1.29 is 0 Å². The fourth-order valence-electron chi connectivity index (χ4n) is 3.10. The highest BCUT2D eigenvalue weighted by Gasteiger charge is 2.24. The molecule has 1 atom stereocenters. The molecule has 0 amide bonds. The van der Waals surface area contributed by atoms with E-state index in [1.54, 1.807) is 16.9 Å². The Hall–Kier alpha value is -3.35. The summed E-state index contributed by atoms with van der Waals surface area (Å²) in [4.78, 5) is 21.3. The van der Waals surface area contributed by atoms with Crippen molar-refractivity contribution in [3.8, 4) is 5.82 Å². The summed E-state index contributed by atoms with van der Waals surface area (Å²) in [7, 11) is 0. The third-order valence-corrected chi connectivity index (χ3v) is 4.55. The predicted molar refractivity (Wildman–Crippen MR) is 103 cm³/mol. The minimum absolute atomic E-state index is 0.182. The van der Waals surface area contributed by atoms with Crippen LogP contribution in [0.5, 0.6) is 0 Å². The molecule has 4 aromatic rings. The molecule has 7 nitrogen and oxygen atoms in total. The molecular weight excluding hydrogens is 340 g/mol. The Bertz CT molecular complexity index is 1150. The van der Waals surface area contributed by atoms with Crippen LogP contribution in [0.3, 0.4) is 0 Å². The minimum Gasteiger partial charge on any atom is -0.267 e. The van der Waals surface area contributed by atoms with Crippen LogP contribution in [-0.4, -0.2) is 29.9 Å². The number of aromatic nitrogens is 6. The van der Waals surface area contributed by atoms with Crippen LogP contribution in [0.1, 0.15) is 49.9 Å². The Kier molecular flexibility index (Phi) is 4.27. The van der Waals surface area contributed by atoms with Crippen molar-refractivity contribution in [1.82, 2.24) is 29.9 Å². The molecule has 0 radical (unpaired) electrons. The fourth-order valence-corrected chi connectivity index (χ4v) is 3.10. The molecular formula is C20H20N6O. The monoisotopic (exact) mass is 360 g/mol. The molecule has 0 aliphatic carbocycles. The fraction of sp³-hybridized carbons (Fsp3) is 0.250. The molecule has 0 saturated heterocycles. The first kappa shape index (κ1) is 17.1. The van der Waals surface area contributed by atoms with Gasteiger partial charge in [0.15, 0.2) is 11.6 Å². The third kappa shape index (κ3) is 3.01. The summed E-state index contributed by atoms with van der Waals surface area (Å²) in [6.07, 6.45) is 1.73. The van der Waals surface area contributed by atoms with Gasteiger partial charge in [-0.1, -0.05) is 38.1 Å². The number of hydrogen-bond donors (Lipinski definition) is 1. The van der Waals surface area contributed by atoms with Crippen LogP contribution in [0.2, 0.25) is 0 Å². The molecule has 1 aromatic carbocycles. The summed E-state index contributed by atoms with van der Waals surface area (Å²) < 4.78 is 1.77. The van der Waals surface area contributed by atoms with Gasteiger partial charge in [-0.3, -0.25) is 4.79 Å². The average Bonchev–Trinajstić information content (AvgIpc) is 3.15. The maximum absolute atomic E-state index is 12.1. The lowest BCUT2D eigenvalue weighted by atomic mass is 10.0. The van der Waals surface area contributed by atoms with Gasteiger partial charge in [0.05, 0.1) is 17.0 Å². The molecule has 7 heteroatoms. The second kappa shape index (κ2) is 6.75. The van der Waals surface area contributed by atoms with Crippen LogP contribution in [0, 0.1) is 0 Å². The number of nitrogens with one attached hydrogen (secondary N) is 1. The van der Waals surface area contributed by atoms with Crippen molar-refractivity contribution in [3.63, 3.8) is 0 Å². The molecule has 4 rings (SSSR count). The van der Waals surface area contributed by atoms with Gasteiger partial charge in [-0.25, -0.2) is 15.1 Å². The van der Waals surface area contributed by atoms with Gasteiger partial charge in [0.25, 0.3) is 5.56 Å². The topological polar surface area (TPSA) is 89.4 Å². The van der Waals surface area contributed by atoms with E-state index in [9.17, 15) is 4.79 Å². The maximum Gasteiger partial charge on any atom is 0.272 e. The molecule has 3 heterocycles. The highest BCUT2D eigenvalue weighted by atomic mass is 16.1. The van der Waals surface area contributed by atoms with Crippen molar-refractivity contribution >= 4 is 10.8 Å². The number of aromatic amines is 1. The Balaban J connectivity index is 1.91. The van der Waals surface area contributed by atoms with Gasteiger partial charge < -0.3 is 0 Å². The summed E-state index contributed by atoms with van der Waals surface area (Å²) in [5.74, 6) is 2.18. The summed E-state index contributed by atoms with van der Waals surface area (Å²) in [6.45, 7) is 6.13. The Labute approximate surface area is 156 Å². The first-order valence-electron chi connectivity index (χ1n) is 8.92. The lowest BCUT2D eigenvalue weighted by Crippen LogP contribution is -2.15. The van der Waals surface area contributed by atoms with E-state index in [0.717, 1.165) is 22.7 Å². The average molecular weight is 360 g/mol. The maximum atomic E-state index is 12.1. The molecule has 0 aliphatic rings. The summed E-state index contributed by atoms with van der Waals surface area (Å²) in [5, 5.41) is 13.0. The summed E-state index contributed by atoms with van der Waals surface area (Å²) in [5.41, 5.74) is 0.556. The van der Waals surface area contributed by atoms with E-state index in [1.807, 2.05) is 43.3 Å². The van der Waals surface area contributed by atoms with E-state index in [4.69, 9.17) is 4.98 Å². The molecule has 0 fully saturated rings. The van der Waals surface area contributed by atoms with E-state index < -0.39 is 0 Å². The SMILES string of the molecule is CC(C)c1nc(C(C)c2n[nH]c(=O)c3ccccc23)n(-c2ccccn2)n1. The van der Waals surface area contributed by atoms with Crippen LogP contribution >= 0.6 is 0 Å². The number of nitrogens with zero attached hydrogens (tertiary/aromatic N) is 5. The van der Waals surface area contributed by atoms with Crippen LogP contribution in [0.25, 0.3) is 16.6 Å². The lowest BCUT2D eigenvalue weighted by molar-refractivity contribution is 0.701. The highest BCUT2D eigenvalue weighted by molar-refractivity contribution is 5.84. The van der Waals surface area contributed by atoms with E-state index >= 15 is 0 Å². The van der Waals surface area contributed by atoms with Crippen molar-refractivity contribution in [2.75, 3.05) is 0 Å². The largest absolute Gasteiger partial charge is 0.272 e. The Morgan fingerprint density at radius 3 is 2.44 bits per heavy atom. The molecule has 27 heavy (non-hydrogen) atoms. The molecule has 0 bridgehead atoms. The van der Waals surface area contributed by atoms with E-state index in [1.165, 1.54) is 0 Å². The number of rotatable bonds is 4. The zero-order chi connectivity index (χ0) is 19.0. The Morgan fingerprint density at radius 1 is 1.00 bits per heavy atom. The van der Waals surface area contributed by atoms with E-state index in [-0.39, 0.29) is 17.4 Å². The van der Waals surface area contributed by atoms with Gasteiger partial charge in [0.2, 0.25) is 0 Å². The smallest absolute Gasteiger partial charge is 0.267 e. The number of pyridine rings is 1. The van der Waals surface area contributed by atoms with Crippen LogP contribution in [0.15, 0.2) is 53.5 Å². The highest BCUT2D eigenvalue weighted by Crippen LogP contribution is 2.28. The standard InChI is InChI=1S/C20H20N6O/c1-12(2)18-22-19(26(25-18)16-10-6-7-11-21-16)13(3)17-14-8-4-5-9-15(14)20(27)24-23-17/h4-13H,1-3H3,(H,24,27). The summed E-state index contributed by atoms with van der Waals surface area (Å²) in [6, 6.07) is 13.1. The first-order valence-corrected chi connectivity index (χ1v) is 8.92. The molecule has 3 aromatic heterocycles. The van der Waals surface area contributed by atoms with Crippen LogP contribution in [0.4, 0.5) is 0 Å². The first-order chi connectivity index (χ1) is 13.1. The third-order valence-electron chi connectivity index (χ3n) is 4.55. The van der Waals surface area contributed by atoms with Gasteiger partial charge in [0.1, 0.15) is 5.82 Å². The van der Waals surface area contributed by atoms with Gasteiger partial charge >= 0.3 is 0 Å². The zero-order valence-electron chi connectivity index (χ0n) is 15.4. The van der Waals surface area contributed by atoms with E-state index in [2.05, 4.69) is 34.1 Å². The number of hydrogen-bond acceptors (Lipinski definition) is 5. The van der Waals surface area contributed by atoms with Crippen LogP contribution in [-0.2, 0) is 0 Å². The molecule has 0 spiro atoms. The molecule has 0 saturated carbocycles. The number of benzene rings is 1.